The summed E-state index contributed by atoms with van der Waals surface area (Å²) in [7, 11) is -4.12. The zero-order chi connectivity index (χ0) is 31.1. The number of benzene rings is 1. The van der Waals surface area contributed by atoms with Gasteiger partial charge in [-0.25, -0.2) is 13.1 Å². The molecule has 0 radical (unpaired) electrons. The van der Waals surface area contributed by atoms with Crippen molar-refractivity contribution in [3.63, 3.8) is 0 Å². The topological polar surface area (TPSA) is 283 Å². The maximum Gasteiger partial charge on any atom is 0.240 e. The Bertz CT molecular complexity index is 1130. The first kappa shape index (κ1) is 33.5. The molecule has 2 saturated heterocycles. The van der Waals surface area contributed by atoms with Crippen molar-refractivity contribution in [3.05, 3.63) is 30.3 Å². The third-order valence-corrected chi connectivity index (χ3v) is 9.41. The number of sulfonamides is 1. The van der Waals surface area contributed by atoms with Crippen LogP contribution in [0.3, 0.4) is 0 Å². The van der Waals surface area contributed by atoms with E-state index in [9.17, 15) is 39.1 Å². The molecular weight excluding hydrogens is 580 g/mol. The highest BCUT2D eigenvalue weighted by Crippen LogP contribution is 2.33. The summed E-state index contributed by atoms with van der Waals surface area (Å²) in [6, 6.07) is 3.15. The molecule has 1 saturated carbocycles. The molecule has 2 heterocycles. The standard InChI is InChI=1S/C25H42N4O12S/c1-9(26)20-18(34)19(35)25(38-20)41-23-15(31)13(29-42(36,37)11-6-4-3-5-7-11)8-12(27)22(23)40-24-14(28)16(32)17(33)21(39-24)10(2)30/h3-7,9-10,12-25,29-35H,8,26-28H2,1-2H3/t9-,10-,12?,13-,14?,15?,16?,17+,18?,19?,20-,21?,22-,23?,24-,25+/m1/s1. The van der Waals surface area contributed by atoms with Crippen LogP contribution in [-0.4, -0.2) is 137 Å². The fourth-order valence-electron chi connectivity index (χ4n) is 5.51. The van der Waals surface area contributed by atoms with E-state index >= 15 is 0 Å². The van der Waals surface area contributed by atoms with Gasteiger partial charge in [0.2, 0.25) is 10.0 Å². The maximum atomic E-state index is 13.1. The summed E-state index contributed by atoms with van der Waals surface area (Å²) in [5, 5.41) is 63.3. The predicted octanol–water partition coefficient (Wildman–Crippen LogP) is -4.86. The molecule has 0 amide bonds. The van der Waals surface area contributed by atoms with E-state index in [4.69, 9.17) is 36.1 Å². The summed E-state index contributed by atoms with van der Waals surface area (Å²) in [6.45, 7) is 2.88. The zero-order valence-electron chi connectivity index (χ0n) is 23.1. The van der Waals surface area contributed by atoms with Gasteiger partial charge in [0.15, 0.2) is 12.6 Å². The molecule has 17 heteroatoms. The van der Waals surface area contributed by atoms with Crippen molar-refractivity contribution in [2.75, 3.05) is 0 Å². The summed E-state index contributed by atoms with van der Waals surface area (Å²) in [4.78, 5) is -0.0580. The summed E-state index contributed by atoms with van der Waals surface area (Å²) in [6.07, 6.45) is -17.3. The fourth-order valence-corrected chi connectivity index (χ4v) is 6.80. The maximum absolute atomic E-state index is 13.1. The van der Waals surface area contributed by atoms with E-state index in [2.05, 4.69) is 4.72 Å². The molecule has 1 aliphatic carbocycles. The first-order valence-corrected chi connectivity index (χ1v) is 15.2. The van der Waals surface area contributed by atoms with E-state index in [-0.39, 0.29) is 11.3 Å². The Labute approximate surface area is 243 Å². The Balaban J connectivity index is 1.62. The molecule has 4 rings (SSSR count). The lowest BCUT2D eigenvalue weighted by atomic mass is 9.84. The second-order valence-electron chi connectivity index (χ2n) is 11.2. The SMILES string of the molecule is C[C@@H](O)C1O[C@H](O[C@@H]2C(N)C[C@@H](NS(=O)(=O)c3ccccc3)C(O)C2O[C@@H]2O[C@H]([C@@H](C)N)C(O)C2O)C(N)C(O)[C@@H]1O. The Kier molecular flexibility index (Phi) is 10.6. The summed E-state index contributed by atoms with van der Waals surface area (Å²) >= 11 is 0. The number of aliphatic hydroxyl groups excluding tert-OH is 6. The van der Waals surface area contributed by atoms with Crippen molar-refractivity contribution >= 4 is 10.0 Å². The van der Waals surface area contributed by atoms with Crippen molar-refractivity contribution in [2.45, 2.75) is 123 Å². The fraction of sp³-hybridized carbons (Fsp3) is 0.760. The molecule has 1 aromatic rings. The molecule has 2 aliphatic heterocycles. The first-order chi connectivity index (χ1) is 19.6. The molecule has 16 atom stereocenters. The highest BCUT2D eigenvalue weighted by molar-refractivity contribution is 7.89. The third kappa shape index (κ3) is 6.80. The molecule has 8 unspecified atom stereocenters. The molecule has 13 N–H and O–H groups in total. The lowest BCUT2D eigenvalue weighted by molar-refractivity contribution is -0.315. The quantitative estimate of drug-likeness (QED) is 0.124. The number of hydrogen-bond acceptors (Lipinski definition) is 15. The van der Waals surface area contributed by atoms with Gasteiger partial charge >= 0.3 is 0 Å². The highest BCUT2D eigenvalue weighted by Gasteiger charge is 2.54. The van der Waals surface area contributed by atoms with Crippen molar-refractivity contribution in [1.29, 1.82) is 0 Å². The molecular formula is C25H42N4O12S. The minimum absolute atomic E-state index is 0.0580. The summed E-state index contributed by atoms with van der Waals surface area (Å²) in [5.41, 5.74) is 18.3. The van der Waals surface area contributed by atoms with E-state index in [0.717, 1.165) is 0 Å². The Morgan fingerprint density at radius 2 is 1.43 bits per heavy atom. The van der Waals surface area contributed by atoms with Crippen LogP contribution >= 0.6 is 0 Å². The predicted molar refractivity (Wildman–Crippen MR) is 144 cm³/mol. The average Bonchev–Trinajstić information content (AvgIpc) is 3.22. The minimum atomic E-state index is -4.12. The van der Waals surface area contributed by atoms with Crippen molar-refractivity contribution in [3.8, 4) is 0 Å². The minimum Gasteiger partial charge on any atom is -0.391 e. The van der Waals surface area contributed by atoms with Crippen LogP contribution in [0.4, 0.5) is 0 Å². The first-order valence-electron chi connectivity index (χ1n) is 13.7. The largest absolute Gasteiger partial charge is 0.391 e. The normalized spacial score (nSPS) is 44.5. The Morgan fingerprint density at radius 1 is 0.857 bits per heavy atom. The van der Waals surface area contributed by atoms with Gasteiger partial charge in [-0.2, -0.15) is 0 Å². The number of hydrogen-bond donors (Lipinski definition) is 10. The molecule has 240 valence electrons. The van der Waals surface area contributed by atoms with Gasteiger partial charge in [-0.3, -0.25) is 0 Å². The average molecular weight is 623 g/mol. The molecule has 3 aliphatic rings. The van der Waals surface area contributed by atoms with E-state index in [1.807, 2.05) is 0 Å². The van der Waals surface area contributed by atoms with Crippen LogP contribution in [0.1, 0.15) is 20.3 Å². The summed E-state index contributed by atoms with van der Waals surface area (Å²) in [5.74, 6) is 0. The van der Waals surface area contributed by atoms with Crippen LogP contribution in [0.2, 0.25) is 0 Å². The van der Waals surface area contributed by atoms with E-state index in [0.29, 0.717) is 0 Å². The lowest BCUT2D eigenvalue weighted by Crippen LogP contribution is -2.69. The molecule has 0 bridgehead atoms. The second-order valence-corrected chi connectivity index (χ2v) is 12.9. The van der Waals surface area contributed by atoms with Gasteiger partial charge in [0.1, 0.15) is 48.8 Å². The van der Waals surface area contributed by atoms with Gasteiger partial charge in [0.05, 0.1) is 29.2 Å². The van der Waals surface area contributed by atoms with Crippen LogP contribution in [-0.2, 0) is 29.0 Å². The summed E-state index contributed by atoms with van der Waals surface area (Å²) < 4.78 is 51.8. The van der Waals surface area contributed by atoms with Crippen LogP contribution in [0.15, 0.2) is 35.2 Å². The number of aliphatic hydroxyl groups is 6. The van der Waals surface area contributed by atoms with Crippen LogP contribution < -0.4 is 21.9 Å². The van der Waals surface area contributed by atoms with Gasteiger partial charge in [0.25, 0.3) is 0 Å². The number of nitrogens with one attached hydrogen (secondary N) is 1. The van der Waals surface area contributed by atoms with Crippen LogP contribution in [0.5, 0.6) is 0 Å². The number of ether oxygens (including phenoxy) is 4. The molecule has 0 aromatic heterocycles. The molecule has 3 fully saturated rings. The third-order valence-electron chi connectivity index (χ3n) is 7.90. The van der Waals surface area contributed by atoms with Crippen LogP contribution in [0, 0.1) is 0 Å². The lowest BCUT2D eigenvalue weighted by Gasteiger charge is -2.48. The van der Waals surface area contributed by atoms with Gasteiger partial charge < -0.3 is 66.8 Å². The van der Waals surface area contributed by atoms with Gasteiger partial charge in [-0.15, -0.1) is 0 Å². The van der Waals surface area contributed by atoms with E-state index in [1.54, 1.807) is 13.0 Å². The molecule has 42 heavy (non-hydrogen) atoms. The monoisotopic (exact) mass is 622 g/mol. The number of rotatable bonds is 9. The van der Waals surface area contributed by atoms with Gasteiger partial charge in [-0.05, 0) is 32.4 Å². The zero-order valence-corrected chi connectivity index (χ0v) is 23.9. The van der Waals surface area contributed by atoms with Crippen molar-refractivity contribution in [1.82, 2.24) is 4.72 Å². The molecule has 16 nitrogen and oxygen atoms in total. The van der Waals surface area contributed by atoms with Crippen LogP contribution in [0.25, 0.3) is 0 Å². The van der Waals surface area contributed by atoms with E-state index in [1.165, 1.54) is 31.2 Å². The molecule has 1 aromatic carbocycles. The van der Waals surface area contributed by atoms with Gasteiger partial charge in [0, 0.05) is 12.1 Å². The van der Waals surface area contributed by atoms with Gasteiger partial charge in [-0.1, -0.05) is 18.2 Å². The smallest absolute Gasteiger partial charge is 0.240 e. The van der Waals surface area contributed by atoms with E-state index < -0.39 is 108 Å². The Morgan fingerprint density at radius 3 is 2.00 bits per heavy atom. The number of nitrogens with two attached hydrogens (primary N) is 3. The van der Waals surface area contributed by atoms with Crippen molar-refractivity contribution in [2.24, 2.45) is 17.2 Å². The van der Waals surface area contributed by atoms with Crippen molar-refractivity contribution < 1.29 is 58.0 Å². The second kappa shape index (κ2) is 13.3. The highest BCUT2D eigenvalue weighted by atomic mass is 32.2. The Hall–Kier alpha value is -1.39. The molecule has 0 spiro atoms.